The summed E-state index contributed by atoms with van der Waals surface area (Å²) < 4.78 is 6.94. The van der Waals surface area contributed by atoms with E-state index in [1.807, 2.05) is 42.5 Å². The number of amides is 1. The lowest BCUT2D eigenvalue weighted by atomic mass is 10.1. The van der Waals surface area contributed by atoms with E-state index in [0.717, 1.165) is 28.1 Å². The van der Waals surface area contributed by atoms with Crippen LogP contribution in [0.25, 0.3) is 10.2 Å². The number of rotatable bonds is 9. The summed E-state index contributed by atoms with van der Waals surface area (Å²) in [6.07, 6.45) is 3.16. The number of thioether (sulfide) groups is 1. The summed E-state index contributed by atoms with van der Waals surface area (Å²) in [6, 6.07) is 15.6. The minimum absolute atomic E-state index is 0.0459. The average Bonchev–Trinajstić information content (AvgIpc) is 3.46. The van der Waals surface area contributed by atoms with Crippen molar-refractivity contribution in [3.8, 4) is 0 Å². The molecule has 31 heavy (non-hydrogen) atoms. The van der Waals surface area contributed by atoms with Crippen LogP contribution in [0, 0.1) is 0 Å². The quantitative estimate of drug-likeness (QED) is 0.303. The second-order valence-electron chi connectivity index (χ2n) is 7.02. The van der Waals surface area contributed by atoms with Gasteiger partial charge >= 0.3 is 0 Å². The number of hydrogen-bond acceptors (Lipinski definition) is 6. The molecule has 0 unspecified atom stereocenters. The molecule has 1 amide bonds. The fraction of sp³-hybridized carbons (Fsp3) is 0.261. The van der Waals surface area contributed by atoms with Gasteiger partial charge in [-0.15, -0.1) is 11.3 Å². The lowest BCUT2D eigenvalue weighted by Crippen LogP contribution is -2.27. The molecule has 4 aromatic rings. The van der Waals surface area contributed by atoms with Crippen molar-refractivity contribution in [2.24, 2.45) is 0 Å². The molecule has 1 N–H and O–H groups in total. The molecule has 0 aliphatic heterocycles. The van der Waals surface area contributed by atoms with Gasteiger partial charge in [0.2, 0.25) is 5.91 Å². The van der Waals surface area contributed by atoms with Gasteiger partial charge in [0.1, 0.15) is 10.6 Å². The van der Waals surface area contributed by atoms with Crippen molar-refractivity contribution in [3.05, 3.63) is 81.3 Å². The van der Waals surface area contributed by atoms with Crippen LogP contribution in [0.15, 0.2) is 69.2 Å². The van der Waals surface area contributed by atoms with E-state index in [-0.39, 0.29) is 17.2 Å². The van der Waals surface area contributed by atoms with Crippen LogP contribution >= 0.6 is 23.1 Å². The summed E-state index contributed by atoms with van der Waals surface area (Å²) in [4.78, 5) is 32.2. The Labute approximate surface area is 188 Å². The highest BCUT2D eigenvalue weighted by Crippen LogP contribution is 2.25. The van der Waals surface area contributed by atoms with E-state index in [9.17, 15) is 9.59 Å². The number of aromatic nitrogens is 2. The minimum atomic E-state index is -0.134. The number of thiophene rings is 1. The summed E-state index contributed by atoms with van der Waals surface area (Å²) in [5.74, 6) is 0.741. The van der Waals surface area contributed by atoms with Crippen molar-refractivity contribution < 1.29 is 9.21 Å². The minimum Gasteiger partial charge on any atom is -0.467 e. The van der Waals surface area contributed by atoms with Gasteiger partial charge < -0.3 is 9.73 Å². The molecule has 0 bridgehead atoms. The van der Waals surface area contributed by atoms with E-state index < -0.39 is 0 Å². The first-order valence-electron chi connectivity index (χ1n) is 10.1. The molecule has 1 aromatic carbocycles. The van der Waals surface area contributed by atoms with Gasteiger partial charge in [-0.2, -0.15) is 0 Å². The maximum absolute atomic E-state index is 13.2. The lowest BCUT2D eigenvalue weighted by Gasteiger charge is -2.12. The van der Waals surface area contributed by atoms with Crippen molar-refractivity contribution >= 4 is 39.2 Å². The van der Waals surface area contributed by atoms with Gasteiger partial charge in [-0.25, -0.2) is 4.98 Å². The molecule has 0 saturated heterocycles. The van der Waals surface area contributed by atoms with Gasteiger partial charge in [-0.05, 0) is 36.6 Å². The molecule has 0 saturated carbocycles. The Balaban J connectivity index is 1.54. The second kappa shape index (κ2) is 9.98. The monoisotopic (exact) mass is 453 g/mol. The molecule has 4 rings (SSSR count). The molecule has 0 fully saturated rings. The van der Waals surface area contributed by atoms with Crippen LogP contribution < -0.4 is 10.9 Å². The van der Waals surface area contributed by atoms with Gasteiger partial charge in [0.05, 0.1) is 23.9 Å². The van der Waals surface area contributed by atoms with Crippen molar-refractivity contribution in [1.82, 2.24) is 14.9 Å². The molecule has 3 aromatic heterocycles. The maximum atomic E-state index is 13.2. The van der Waals surface area contributed by atoms with E-state index in [2.05, 4.69) is 12.2 Å². The highest BCUT2D eigenvalue weighted by Gasteiger charge is 2.16. The van der Waals surface area contributed by atoms with Gasteiger partial charge in [-0.3, -0.25) is 14.2 Å². The second-order valence-corrected chi connectivity index (χ2v) is 9.07. The molecule has 3 heterocycles. The number of carbonyl (C=O) groups is 1. The summed E-state index contributed by atoms with van der Waals surface area (Å²) >= 11 is 2.83. The SMILES string of the molecule is CCc1cc2c(=O)n(CCc3ccccc3)c(SCC(=O)NCc3ccco3)nc2s1. The number of furan rings is 1. The molecule has 0 aliphatic carbocycles. The predicted octanol–water partition coefficient (Wildman–Crippen LogP) is 4.26. The molecule has 8 heteroatoms. The average molecular weight is 454 g/mol. The highest BCUT2D eigenvalue weighted by molar-refractivity contribution is 7.99. The zero-order valence-corrected chi connectivity index (χ0v) is 18.8. The number of fused-ring (bicyclic) bond motifs is 1. The largest absolute Gasteiger partial charge is 0.467 e. The number of hydrogen-bond donors (Lipinski definition) is 1. The lowest BCUT2D eigenvalue weighted by molar-refractivity contribution is -0.118. The molecular formula is C23H23N3O3S2. The molecule has 160 valence electrons. The molecule has 0 radical (unpaired) electrons. The van der Waals surface area contributed by atoms with Crippen molar-refractivity contribution in [2.45, 2.75) is 38.0 Å². The fourth-order valence-electron chi connectivity index (χ4n) is 3.19. The van der Waals surface area contributed by atoms with Crippen LogP contribution in [-0.4, -0.2) is 21.2 Å². The van der Waals surface area contributed by atoms with Crippen LogP contribution in [0.3, 0.4) is 0 Å². The topological polar surface area (TPSA) is 77.1 Å². The van der Waals surface area contributed by atoms with Crippen LogP contribution in [-0.2, 0) is 30.7 Å². The van der Waals surface area contributed by atoms with E-state index in [1.165, 1.54) is 11.8 Å². The predicted molar refractivity (Wildman–Crippen MR) is 125 cm³/mol. The third-order valence-corrected chi connectivity index (χ3v) is 7.00. The Kier molecular flexibility index (Phi) is 6.89. The molecular weight excluding hydrogens is 430 g/mol. The Morgan fingerprint density at radius 3 is 2.81 bits per heavy atom. The molecule has 0 spiro atoms. The van der Waals surface area contributed by atoms with Crippen molar-refractivity contribution in [3.63, 3.8) is 0 Å². The molecule has 6 nitrogen and oxygen atoms in total. The van der Waals surface area contributed by atoms with Crippen LogP contribution in [0.4, 0.5) is 0 Å². The van der Waals surface area contributed by atoms with E-state index in [0.29, 0.717) is 29.4 Å². The zero-order chi connectivity index (χ0) is 21.6. The van der Waals surface area contributed by atoms with Gasteiger partial charge in [-0.1, -0.05) is 49.0 Å². The summed E-state index contributed by atoms with van der Waals surface area (Å²) in [7, 11) is 0. The van der Waals surface area contributed by atoms with Crippen molar-refractivity contribution in [2.75, 3.05) is 5.75 Å². The van der Waals surface area contributed by atoms with Gasteiger partial charge in [0.15, 0.2) is 5.16 Å². The van der Waals surface area contributed by atoms with Crippen LogP contribution in [0.2, 0.25) is 0 Å². The fourth-order valence-corrected chi connectivity index (χ4v) is 5.06. The van der Waals surface area contributed by atoms with E-state index >= 15 is 0 Å². The first-order valence-corrected chi connectivity index (χ1v) is 11.9. The Bertz CT molecular complexity index is 1210. The third kappa shape index (κ3) is 5.26. The normalized spacial score (nSPS) is 11.1. The molecule has 0 aliphatic rings. The summed E-state index contributed by atoms with van der Waals surface area (Å²) in [5.41, 5.74) is 1.11. The van der Waals surface area contributed by atoms with Crippen molar-refractivity contribution in [1.29, 1.82) is 0 Å². The summed E-state index contributed by atoms with van der Waals surface area (Å²) in [6.45, 7) is 2.92. The number of carbonyl (C=O) groups excluding carboxylic acids is 1. The van der Waals surface area contributed by atoms with Crippen LogP contribution in [0.1, 0.15) is 23.1 Å². The molecule has 0 atom stereocenters. The van der Waals surface area contributed by atoms with E-state index in [4.69, 9.17) is 9.40 Å². The smallest absolute Gasteiger partial charge is 0.262 e. The summed E-state index contributed by atoms with van der Waals surface area (Å²) in [5, 5.41) is 4.06. The first-order chi connectivity index (χ1) is 15.1. The third-order valence-electron chi connectivity index (χ3n) is 4.85. The Morgan fingerprint density at radius 2 is 2.06 bits per heavy atom. The number of nitrogens with zero attached hydrogens (tertiary/aromatic N) is 2. The van der Waals surface area contributed by atoms with Gasteiger partial charge in [0, 0.05) is 11.4 Å². The Hall–Kier alpha value is -2.84. The van der Waals surface area contributed by atoms with Crippen LogP contribution in [0.5, 0.6) is 0 Å². The van der Waals surface area contributed by atoms with E-state index in [1.54, 1.807) is 28.2 Å². The number of aryl methyl sites for hydroxylation is 2. The number of nitrogens with one attached hydrogen (secondary N) is 1. The first kappa shape index (κ1) is 21.4. The standard InChI is InChI=1S/C23H23N3O3S2/c1-2-18-13-19-21(31-18)25-23(30-15-20(27)24-14-17-9-6-12-29-17)26(22(19)28)11-10-16-7-4-3-5-8-16/h3-9,12-13H,2,10-11,14-15H2,1H3,(H,24,27). The Morgan fingerprint density at radius 1 is 1.23 bits per heavy atom. The van der Waals surface area contributed by atoms with Gasteiger partial charge in [0.25, 0.3) is 5.56 Å². The maximum Gasteiger partial charge on any atom is 0.262 e. The number of benzene rings is 1. The highest BCUT2D eigenvalue weighted by atomic mass is 32.2. The zero-order valence-electron chi connectivity index (χ0n) is 17.2.